The normalized spacial score (nSPS) is 26.1. The topological polar surface area (TPSA) is 71.1 Å². The molecule has 1 aliphatic carbocycles. The van der Waals surface area contributed by atoms with Gasteiger partial charge in [-0.2, -0.15) is 11.8 Å². The molecule has 4 aliphatic rings. The first kappa shape index (κ1) is 19.8. The molecule has 2 atom stereocenters. The van der Waals surface area contributed by atoms with Crippen LogP contribution < -0.4 is 19.9 Å². The molecule has 0 aromatic heterocycles. The Labute approximate surface area is 179 Å². The molecule has 3 fully saturated rings. The van der Waals surface area contributed by atoms with Crippen molar-refractivity contribution in [2.24, 2.45) is 5.92 Å². The van der Waals surface area contributed by atoms with Crippen LogP contribution in [0.4, 0.5) is 20.6 Å². The molecule has 2 amide bonds. The third kappa shape index (κ3) is 3.57. The van der Waals surface area contributed by atoms with Crippen LogP contribution in [0.3, 0.4) is 0 Å². The minimum atomic E-state index is -0.517. The maximum Gasteiger partial charge on any atom is 0.415 e. The molecule has 1 aromatic carbocycles. The Morgan fingerprint density at radius 1 is 1.20 bits per heavy atom. The van der Waals surface area contributed by atoms with Gasteiger partial charge in [0.15, 0.2) is 0 Å². The fourth-order valence-electron chi connectivity index (χ4n) is 4.52. The molecule has 2 saturated heterocycles. The lowest BCUT2D eigenvalue weighted by atomic mass is 9.85. The van der Waals surface area contributed by atoms with Crippen LogP contribution in [0, 0.1) is 11.7 Å². The van der Waals surface area contributed by atoms with E-state index >= 15 is 4.39 Å². The average Bonchev–Trinajstić information content (AvgIpc) is 2.89. The zero-order valence-corrected chi connectivity index (χ0v) is 17.6. The van der Waals surface area contributed by atoms with Gasteiger partial charge < -0.3 is 19.7 Å². The van der Waals surface area contributed by atoms with Gasteiger partial charge in [-0.25, -0.2) is 9.18 Å². The predicted molar refractivity (Wildman–Crippen MR) is 113 cm³/mol. The summed E-state index contributed by atoms with van der Waals surface area (Å²) in [6, 6.07) is 2.81. The largest absolute Gasteiger partial charge is 0.491 e. The lowest BCUT2D eigenvalue weighted by molar-refractivity contribution is -0.127. The molecular weight excluding hydrogens is 409 g/mol. The van der Waals surface area contributed by atoms with E-state index in [1.807, 2.05) is 16.7 Å². The van der Waals surface area contributed by atoms with E-state index in [4.69, 9.17) is 9.47 Å². The van der Waals surface area contributed by atoms with Crippen LogP contribution >= 0.6 is 11.8 Å². The second-order valence-electron chi connectivity index (χ2n) is 8.24. The summed E-state index contributed by atoms with van der Waals surface area (Å²) in [7, 11) is 0. The summed E-state index contributed by atoms with van der Waals surface area (Å²) in [5.74, 6) is 2.18. The fourth-order valence-corrected chi connectivity index (χ4v) is 5.43. The zero-order valence-electron chi connectivity index (χ0n) is 16.8. The summed E-state index contributed by atoms with van der Waals surface area (Å²) < 4.78 is 26.5. The van der Waals surface area contributed by atoms with E-state index in [0.717, 1.165) is 43.9 Å². The summed E-state index contributed by atoms with van der Waals surface area (Å²) in [6.45, 7) is 2.25. The highest BCUT2D eigenvalue weighted by molar-refractivity contribution is 7.99. The third-order valence-corrected chi connectivity index (χ3v) is 7.42. The molecule has 30 heavy (non-hydrogen) atoms. The monoisotopic (exact) mass is 435 g/mol. The lowest BCUT2D eigenvalue weighted by Gasteiger charge is -2.30. The van der Waals surface area contributed by atoms with Crippen molar-refractivity contribution >= 4 is 35.1 Å². The van der Waals surface area contributed by atoms with Crippen LogP contribution in [0.1, 0.15) is 25.7 Å². The molecule has 0 radical (unpaired) electrons. The SMILES string of the molecule is O=C(NC[C@H]1OC(=O)N2c3cc(F)c(N4CCSCC4)cc3OCC[C@H]12)C1CCC1. The Bertz CT molecular complexity index is 844. The van der Waals surface area contributed by atoms with Crippen LogP contribution in [0.2, 0.25) is 0 Å². The minimum absolute atomic E-state index is 0.0244. The van der Waals surface area contributed by atoms with Gasteiger partial charge in [-0.1, -0.05) is 6.42 Å². The van der Waals surface area contributed by atoms with Crippen molar-refractivity contribution in [2.45, 2.75) is 37.8 Å². The van der Waals surface area contributed by atoms with Crippen LogP contribution in [-0.2, 0) is 9.53 Å². The van der Waals surface area contributed by atoms with E-state index in [1.165, 1.54) is 11.0 Å². The molecule has 9 heteroatoms. The van der Waals surface area contributed by atoms with Crippen molar-refractivity contribution in [3.63, 3.8) is 0 Å². The molecule has 1 aromatic rings. The van der Waals surface area contributed by atoms with Crippen molar-refractivity contribution in [1.82, 2.24) is 5.32 Å². The molecule has 0 spiro atoms. The number of anilines is 2. The number of nitrogens with one attached hydrogen (secondary N) is 1. The lowest BCUT2D eigenvalue weighted by Crippen LogP contribution is -2.44. The zero-order chi connectivity index (χ0) is 20.7. The number of amides is 2. The quantitative estimate of drug-likeness (QED) is 0.784. The highest BCUT2D eigenvalue weighted by Crippen LogP contribution is 2.42. The van der Waals surface area contributed by atoms with E-state index < -0.39 is 12.2 Å². The maximum atomic E-state index is 15.0. The van der Waals surface area contributed by atoms with Gasteiger partial charge in [-0.05, 0) is 12.8 Å². The van der Waals surface area contributed by atoms with Crippen molar-refractivity contribution in [1.29, 1.82) is 0 Å². The van der Waals surface area contributed by atoms with Gasteiger partial charge in [0.05, 0.1) is 30.6 Å². The standard InChI is InChI=1S/C21H26FN3O4S/c22-14-10-17-18(11-16(14)24-5-8-30-9-6-24)28-7-4-15-19(29-21(27)25(15)17)12-23-20(26)13-2-1-3-13/h10-11,13,15,19H,1-9,12H2,(H,23,26)/t15-,19-/m1/s1. The number of rotatable bonds is 4. The van der Waals surface area contributed by atoms with E-state index in [-0.39, 0.29) is 30.2 Å². The van der Waals surface area contributed by atoms with Crippen LogP contribution in [0.25, 0.3) is 0 Å². The van der Waals surface area contributed by atoms with Crippen molar-refractivity contribution in [2.75, 3.05) is 47.5 Å². The number of hydrogen-bond acceptors (Lipinski definition) is 6. The smallest absolute Gasteiger partial charge is 0.415 e. The molecule has 3 aliphatic heterocycles. The highest BCUT2D eigenvalue weighted by atomic mass is 32.2. The number of thioether (sulfide) groups is 1. The van der Waals surface area contributed by atoms with Gasteiger partial charge in [0.1, 0.15) is 17.7 Å². The van der Waals surface area contributed by atoms with Gasteiger partial charge in [-0.15, -0.1) is 0 Å². The molecule has 0 bridgehead atoms. The summed E-state index contributed by atoms with van der Waals surface area (Å²) in [4.78, 5) is 28.4. The predicted octanol–water partition coefficient (Wildman–Crippen LogP) is 2.77. The Kier molecular flexibility index (Phi) is 5.39. The number of fused-ring (bicyclic) bond motifs is 3. The number of carbonyl (C=O) groups is 2. The molecule has 3 heterocycles. The fraction of sp³-hybridized carbons (Fsp3) is 0.619. The van der Waals surface area contributed by atoms with Gasteiger partial charge >= 0.3 is 6.09 Å². The van der Waals surface area contributed by atoms with Crippen LogP contribution in [0.15, 0.2) is 12.1 Å². The van der Waals surface area contributed by atoms with Crippen molar-refractivity contribution in [3.8, 4) is 5.75 Å². The molecule has 162 valence electrons. The van der Waals surface area contributed by atoms with Crippen LogP contribution in [0.5, 0.6) is 5.75 Å². The first-order chi connectivity index (χ1) is 14.6. The Morgan fingerprint density at radius 3 is 2.73 bits per heavy atom. The number of halogens is 1. The second kappa shape index (κ2) is 8.17. The minimum Gasteiger partial charge on any atom is -0.491 e. The first-order valence-electron chi connectivity index (χ1n) is 10.7. The molecule has 1 N–H and O–H groups in total. The van der Waals surface area contributed by atoms with Crippen molar-refractivity contribution in [3.05, 3.63) is 17.9 Å². The molecule has 7 nitrogen and oxygen atoms in total. The summed E-state index contributed by atoms with van der Waals surface area (Å²) >= 11 is 1.86. The van der Waals surface area contributed by atoms with Crippen LogP contribution in [-0.4, -0.2) is 61.9 Å². The van der Waals surface area contributed by atoms with Gasteiger partial charge in [0.2, 0.25) is 5.91 Å². The molecular formula is C21H26FN3O4S. The summed E-state index contributed by atoms with van der Waals surface area (Å²) in [6.07, 6.45) is 2.50. The number of benzene rings is 1. The number of hydrogen-bond donors (Lipinski definition) is 1. The first-order valence-corrected chi connectivity index (χ1v) is 11.8. The highest BCUT2D eigenvalue weighted by Gasteiger charge is 2.45. The molecule has 1 saturated carbocycles. The summed E-state index contributed by atoms with van der Waals surface area (Å²) in [5, 5.41) is 2.92. The second-order valence-corrected chi connectivity index (χ2v) is 9.47. The Morgan fingerprint density at radius 2 is 2.00 bits per heavy atom. The number of cyclic esters (lactones) is 1. The van der Waals surface area contributed by atoms with Crippen molar-refractivity contribution < 1.29 is 23.5 Å². The van der Waals surface area contributed by atoms with E-state index in [2.05, 4.69) is 5.32 Å². The third-order valence-electron chi connectivity index (χ3n) is 6.47. The van der Waals surface area contributed by atoms with E-state index in [0.29, 0.717) is 30.2 Å². The van der Waals surface area contributed by atoms with E-state index in [1.54, 1.807) is 6.07 Å². The number of ether oxygens (including phenoxy) is 2. The van der Waals surface area contributed by atoms with Gasteiger partial charge in [-0.3, -0.25) is 9.69 Å². The number of nitrogens with zero attached hydrogens (tertiary/aromatic N) is 2. The Hall–Kier alpha value is -2.16. The average molecular weight is 436 g/mol. The molecule has 5 rings (SSSR count). The Balaban J connectivity index is 1.36. The van der Waals surface area contributed by atoms with Gasteiger partial charge in [0.25, 0.3) is 0 Å². The number of carbonyl (C=O) groups excluding carboxylic acids is 2. The van der Waals surface area contributed by atoms with E-state index in [9.17, 15) is 9.59 Å². The summed E-state index contributed by atoms with van der Waals surface area (Å²) in [5.41, 5.74) is 0.923. The molecule has 0 unspecified atom stereocenters. The maximum absolute atomic E-state index is 15.0. The van der Waals surface area contributed by atoms with Gasteiger partial charge in [0, 0.05) is 49.1 Å².